The lowest BCUT2D eigenvalue weighted by molar-refractivity contribution is -0.135. The molecule has 1 atom stereocenters. The summed E-state index contributed by atoms with van der Waals surface area (Å²) in [4.78, 5) is 16.6. The van der Waals surface area contributed by atoms with Crippen LogP contribution in [-0.4, -0.2) is 27.9 Å². The lowest BCUT2D eigenvalue weighted by Crippen LogP contribution is -2.18. The Kier molecular flexibility index (Phi) is 9.55. The van der Waals surface area contributed by atoms with Gasteiger partial charge in [-0.2, -0.15) is 8.75 Å². The summed E-state index contributed by atoms with van der Waals surface area (Å²) in [7, 11) is 1.38. The number of aryl methyl sites for hydroxylation is 4. The molecule has 6 nitrogen and oxygen atoms in total. The number of aromatic nitrogens is 2. The Morgan fingerprint density at radius 2 is 1.25 bits per heavy atom. The number of hydrogen-bond acceptors (Lipinski definition) is 9. The molecule has 53 heavy (non-hydrogen) atoms. The monoisotopic (exact) mass is 751 g/mol. The summed E-state index contributed by atoms with van der Waals surface area (Å²) in [6, 6.07) is 31.4. The molecular formula is C44H35N2O4S3. The molecule has 0 saturated heterocycles. The topological polar surface area (TPSA) is 70.5 Å². The minimum Gasteiger partial charge on any atom is -0.481 e. The van der Waals surface area contributed by atoms with Crippen LogP contribution in [0.4, 0.5) is 0 Å². The first-order chi connectivity index (χ1) is 25.8. The van der Waals surface area contributed by atoms with Crippen LogP contribution in [0.15, 0.2) is 115 Å². The molecule has 1 radical (unpaired) electrons. The van der Waals surface area contributed by atoms with E-state index < -0.39 is 12.1 Å². The summed E-state index contributed by atoms with van der Waals surface area (Å²) in [5.74, 6) is 1.35. The van der Waals surface area contributed by atoms with Crippen molar-refractivity contribution in [1.29, 1.82) is 0 Å². The Bertz CT molecular complexity index is 2560. The Morgan fingerprint density at radius 3 is 1.79 bits per heavy atom. The van der Waals surface area contributed by atoms with Gasteiger partial charge in [-0.05, 0) is 98.5 Å². The number of para-hydroxylation sites is 1. The smallest absolute Gasteiger partial charge is 0.337 e. The molecule has 4 aromatic carbocycles. The molecule has 0 N–H and O–H groups in total. The largest absolute Gasteiger partial charge is 0.481 e. The summed E-state index contributed by atoms with van der Waals surface area (Å²) < 4.78 is 28.8. The van der Waals surface area contributed by atoms with Crippen LogP contribution < -0.4 is 9.47 Å². The van der Waals surface area contributed by atoms with E-state index in [1.165, 1.54) is 52.2 Å². The number of fused-ring (bicyclic) bond motifs is 1. The van der Waals surface area contributed by atoms with Crippen molar-refractivity contribution in [3.8, 4) is 59.0 Å². The molecule has 0 saturated carbocycles. The number of carbonyl (C=O) groups is 1. The van der Waals surface area contributed by atoms with Crippen LogP contribution >= 0.6 is 34.4 Å². The second-order valence-electron chi connectivity index (χ2n) is 13.0. The third-order valence-electron chi connectivity index (χ3n) is 9.21. The average Bonchev–Trinajstić information content (AvgIpc) is 3.97. The zero-order valence-corrected chi connectivity index (χ0v) is 32.2. The van der Waals surface area contributed by atoms with E-state index in [1.807, 2.05) is 42.8 Å². The Morgan fingerprint density at radius 1 is 0.679 bits per heavy atom. The van der Waals surface area contributed by atoms with E-state index in [1.54, 1.807) is 34.8 Å². The number of thiophene rings is 2. The molecule has 263 valence electrons. The molecule has 1 unspecified atom stereocenters. The van der Waals surface area contributed by atoms with Gasteiger partial charge < -0.3 is 14.2 Å². The summed E-state index contributed by atoms with van der Waals surface area (Å²) >= 11 is 4.56. The molecule has 3 aromatic heterocycles. The van der Waals surface area contributed by atoms with Crippen LogP contribution in [0.25, 0.3) is 52.8 Å². The van der Waals surface area contributed by atoms with Crippen molar-refractivity contribution < 1.29 is 19.0 Å². The van der Waals surface area contributed by atoms with Crippen molar-refractivity contribution in [2.45, 2.75) is 33.8 Å². The van der Waals surface area contributed by atoms with Gasteiger partial charge in [0.15, 0.2) is 11.5 Å². The van der Waals surface area contributed by atoms with Crippen molar-refractivity contribution in [3.05, 3.63) is 143 Å². The van der Waals surface area contributed by atoms with E-state index in [0.29, 0.717) is 22.8 Å². The fourth-order valence-electron chi connectivity index (χ4n) is 6.45. The van der Waals surface area contributed by atoms with E-state index in [9.17, 15) is 4.79 Å². The number of rotatable bonds is 9. The van der Waals surface area contributed by atoms with Crippen molar-refractivity contribution in [1.82, 2.24) is 8.75 Å². The minimum absolute atomic E-state index is 0.406. The number of benzene rings is 4. The SMILES string of the molecule is COC(=O)C1=C[CH]C(Oc2c(Oc3ccccc3)c(-c3ccc(-c4cc(C)ccc4C)s3)c3nsnc3c2-c2ccc(-c3cc(C)ccc3C)s2)C=C1. The van der Waals surface area contributed by atoms with Crippen LogP contribution in [0.3, 0.4) is 0 Å². The molecule has 0 bridgehead atoms. The number of esters is 1. The number of carbonyl (C=O) groups excluding carboxylic acids is 1. The van der Waals surface area contributed by atoms with Gasteiger partial charge >= 0.3 is 5.97 Å². The fourth-order valence-corrected chi connectivity index (χ4v) is 9.27. The van der Waals surface area contributed by atoms with E-state index in [2.05, 4.69) is 88.4 Å². The van der Waals surface area contributed by atoms with Gasteiger partial charge in [0.2, 0.25) is 0 Å². The number of ether oxygens (including phenoxy) is 3. The van der Waals surface area contributed by atoms with Crippen LogP contribution in [0.2, 0.25) is 0 Å². The van der Waals surface area contributed by atoms with Crippen molar-refractivity contribution >= 4 is 51.4 Å². The van der Waals surface area contributed by atoms with Gasteiger partial charge in [-0.25, -0.2) is 4.79 Å². The molecule has 8 rings (SSSR count). The molecule has 0 fully saturated rings. The highest BCUT2D eigenvalue weighted by atomic mass is 32.1. The predicted molar refractivity (Wildman–Crippen MR) is 218 cm³/mol. The summed E-state index contributed by atoms with van der Waals surface area (Å²) in [5, 5.41) is 0. The van der Waals surface area contributed by atoms with E-state index in [4.69, 9.17) is 23.0 Å². The zero-order chi connectivity index (χ0) is 36.6. The van der Waals surface area contributed by atoms with Gasteiger partial charge in [-0.1, -0.05) is 71.8 Å². The Hall–Kier alpha value is -5.35. The summed E-state index contributed by atoms with van der Waals surface area (Å²) in [6.07, 6.45) is 6.66. The quantitative estimate of drug-likeness (QED) is 0.137. The number of hydrogen-bond donors (Lipinski definition) is 0. The molecule has 0 spiro atoms. The van der Waals surface area contributed by atoms with Gasteiger partial charge in [-0.15, -0.1) is 22.7 Å². The predicted octanol–water partition coefficient (Wildman–Crippen LogP) is 12.1. The Balaban J connectivity index is 1.37. The third kappa shape index (κ3) is 6.83. The lowest BCUT2D eigenvalue weighted by atomic mass is 10.0. The maximum atomic E-state index is 12.3. The van der Waals surface area contributed by atoms with Crippen LogP contribution in [0, 0.1) is 34.1 Å². The van der Waals surface area contributed by atoms with Gasteiger partial charge in [-0.3, -0.25) is 0 Å². The first kappa shape index (κ1) is 34.7. The minimum atomic E-state index is -0.510. The highest BCUT2D eigenvalue weighted by molar-refractivity contribution is 7.19. The highest BCUT2D eigenvalue weighted by Gasteiger charge is 2.31. The van der Waals surface area contributed by atoms with Crippen LogP contribution in [0.5, 0.6) is 17.2 Å². The molecule has 7 aromatic rings. The van der Waals surface area contributed by atoms with Gasteiger partial charge in [0.05, 0.1) is 35.5 Å². The van der Waals surface area contributed by atoms with Crippen LogP contribution in [-0.2, 0) is 9.53 Å². The molecule has 9 heteroatoms. The molecule has 0 aliphatic heterocycles. The van der Waals surface area contributed by atoms with E-state index in [-0.39, 0.29) is 0 Å². The van der Waals surface area contributed by atoms with E-state index >= 15 is 0 Å². The van der Waals surface area contributed by atoms with Crippen molar-refractivity contribution in [2.75, 3.05) is 7.11 Å². The maximum absolute atomic E-state index is 12.3. The lowest BCUT2D eigenvalue weighted by Gasteiger charge is -2.23. The first-order valence-electron chi connectivity index (χ1n) is 17.2. The summed E-state index contributed by atoms with van der Waals surface area (Å²) in [5.41, 5.74) is 10.8. The standard InChI is InChI=1S/C44H35N2O4S3/c1-25-11-13-27(3)32(23-25)34-19-21-36(51-34)38-40-41(46-53-45-40)39(37-22-20-35(52-37)33-24-26(2)12-14-28(33)4)43(42(38)49-30-9-7-6-8-10-30)50-31-17-15-29(16-18-31)44(47)48-5/h6-24,31H,1-5H3. The zero-order valence-electron chi connectivity index (χ0n) is 29.8. The fraction of sp³-hybridized carbons (Fsp3) is 0.136. The number of methoxy groups -OCH3 is 1. The molecule has 1 aliphatic carbocycles. The average molecular weight is 752 g/mol. The van der Waals surface area contributed by atoms with Gasteiger partial charge in [0, 0.05) is 25.9 Å². The first-order valence-corrected chi connectivity index (χ1v) is 19.5. The second-order valence-corrected chi connectivity index (χ2v) is 15.7. The molecule has 0 amide bonds. The normalized spacial score (nSPS) is 14.0. The van der Waals surface area contributed by atoms with Gasteiger partial charge in [0.25, 0.3) is 0 Å². The molecule has 3 heterocycles. The second kappa shape index (κ2) is 14.6. The van der Waals surface area contributed by atoms with Crippen molar-refractivity contribution in [3.63, 3.8) is 0 Å². The van der Waals surface area contributed by atoms with Gasteiger partial charge in [0.1, 0.15) is 22.9 Å². The summed E-state index contributed by atoms with van der Waals surface area (Å²) in [6.45, 7) is 8.51. The van der Waals surface area contributed by atoms with E-state index in [0.717, 1.165) is 41.7 Å². The third-order valence-corrected chi connectivity index (χ3v) is 12.0. The maximum Gasteiger partial charge on any atom is 0.337 e. The molecule has 1 aliphatic rings. The van der Waals surface area contributed by atoms with Crippen molar-refractivity contribution in [2.24, 2.45) is 0 Å². The van der Waals surface area contributed by atoms with Crippen LogP contribution in [0.1, 0.15) is 22.3 Å². The number of nitrogens with zero attached hydrogens (tertiary/aromatic N) is 2. The highest BCUT2D eigenvalue weighted by Crippen LogP contribution is 2.55. The molecular weight excluding hydrogens is 717 g/mol. The Labute approximate surface area is 321 Å².